The van der Waals surface area contributed by atoms with Crippen molar-refractivity contribution in [2.45, 2.75) is 43.7 Å². The number of ether oxygens (including phenoxy) is 1. The molecule has 1 saturated heterocycles. The zero-order valence-electron chi connectivity index (χ0n) is 11.8. The lowest BCUT2D eigenvalue weighted by Crippen LogP contribution is -2.47. The van der Waals surface area contributed by atoms with Crippen LogP contribution in [0.15, 0.2) is 18.2 Å². The number of nitrogens with one attached hydrogen (secondary N) is 1. The first kappa shape index (κ1) is 15.1. The largest absolute Gasteiger partial charge is 0.375 e. The van der Waals surface area contributed by atoms with Gasteiger partial charge in [0.1, 0.15) is 0 Å². The summed E-state index contributed by atoms with van der Waals surface area (Å²) in [6.07, 6.45) is 6.13. The van der Waals surface area contributed by atoms with Gasteiger partial charge in [-0.25, -0.2) is 0 Å². The van der Waals surface area contributed by atoms with E-state index in [9.17, 15) is 0 Å². The molecule has 2 fully saturated rings. The molecule has 1 aromatic rings. The first-order valence-electron chi connectivity index (χ1n) is 7.40. The molecular formula is C16H21ClINO. The highest BCUT2D eigenvalue weighted by molar-refractivity contribution is 14.1. The zero-order chi connectivity index (χ0) is 14.2. The van der Waals surface area contributed by atoms with E-state index in [1.54, 1.807) is 0 Å². The van der Waals surface area contributed by atoms with E-state index in [4.69, 9.17) is 16.3 Å². The van der Waals surface area contributed by atoms with Crippen LogP contribution in [0.3, 0.4) is 0 Å². The first-order chi connectivity index (χ1) is 9.63. The average molecular weight is 406 g/mol. The van der Waals surface area contributed by atoms with Crippen molar-refractivity contribution in [2.24, 2.45) is 5.92 Å². The van der Waals surface area contributed by atoms with Crippen LogP contribution in [0, 0.1) is 9.49 Å². The molecule has 1 spiro atoms. The van der Waals surface area contributed by atoms with Crippen molar-refractivity contribution in [3.8, 4) is 0 Å². The Kier molecular flexibility index (Phi) is 4.60. The summed E-state index contributed by atoms with van der Waals surface area (Å²) in [6.45, 7) is 0.904. The summed E-state index contributed by atoms with van der Waals surface area (Å²) in [5.41, 5.74) is 1.50. The Bertz CT molecular complexity index is 489. The minimum absolute atomic E-state index is 0.199. The van der Waals surface area contributed by atoms with Gasteiger partial charge in [0.2, 0.25) is 0 Å². The zero-order valence-corrected chi connectivity index (χ0v) is 14.7. The third kappa shape index (κ3) is 2.87. The van der Waals surface area contributed by atoms with Crippen LogP contribution >= 0.6 is 34.2 Å². The summed E-state index contributed by atoms with van der Waals surface area (Å²) in [4.78, 5) is 0. The van der Waals surface area contributed by atoms with Gasteiger partial charge in [0.05, 0.1) is 10.6 Å². The standard InChI is InChI=1S/C16H21ClINO/c1-19-15(11-3-4-14(18)13(17)9-11)12-5-8-20-16(10-12)6-2-7-16/h3-4,9,12,15,19H,2,5-8,10H2,1H3. The van der Waals surface area contributed by atoms with Crippen molar-refractivity contribution < 1.29 is 4.74 Å². The molecule has 0 amide bonds. The Morgan fingerprint density at radius 2 is 2.25 bits per heavy atom. The molecule has 1 N–H and O–H groups in total. The Morgan fingerprint density at radius 3 is 2.85 bits per heavy atom. The van der Waals surface area contributed by atoms with Crippen molar-refractivity contribution in [1.82, 2.24) is 5.32 Å². The molecule has 1 aliphatic heterocycles. The van der Waals surface area contributed by atoms with E-state index in [1.165, 1.54) is 31.2 Å². The molecule has 4 heteroatoms. The third-order valence-corrected chi connectivity index (χ3v) is 6.45. The molecule has 0 bridgehead atoms. The average Bonchev–Trinajstić information content (AvgIpc) is 2.42. The third-order valence-electron chi connectivity index (χ3n) is 4.88. The van der Waals surface area contributed by atoms with Crippen LogP contribution in [0.1, 0.15) is 43.7 Å². The fourth-order valence-electron chi connectivity index (χ4n) is 3.65. The lowest BCUT2D eigenvalue weighted by Gasteiger charge is -2.48. The minimum atomic E-state index is 0.199. The van der Waals surface area contributed by atoms with Crippen molar-refractivity contribution in [1.29, 1.82) is 0 Å². The topological polar surface area (TPSA) is 21.3 Å². The molecule has 2 aliphatic rings. The van der Waals surface area contributed by atoms with E-state index < -0.39 is 0 Å². The summed E-state index contributed by atoms with van der Waals surface area (Å²) in [7, 11) is 2.06. The van der Waals surface area contributed by atoms with Crippen molar-refractivity contribution in [3.05, 3.63) is 32.4 Å². The maximum atomic E-state index is 6.29. The normalized spacial score (nSPS) is 26.2. The van der Waals surface area contributed by atoms with Gasteiger partial charge in [-0.2, -0.15) is 0 Å². The van der Waals surface area contributed by atoms with E-state index in [-0.39, 0.29) is 5.60 Å². The Balaban J connectivity index is 1.79. The quantitative estimate of drug-likeness (QED) is 0.745. The summed E-state index contributed by atoms with van der Waals surface area (Å²) < 4.78 is 7.17. The predicted molar refractivity (Wildman–Crippen MR) is 91.2 cm³/mol. The van der Waals surface area contributed by atoms with Gasteiger partial charge in [0.25, 0.3) is 0 Å². The van der Waals surface area contributed by atoms with Crippen LogP contribution in [0.25, 0.3) is 0 Å². The molecule has 20 heavy (non-hydrogen) atoms. The summed E-state index contributed by atoms with van der Waals surface area (Å²) in [5.74, 6) is 0.644. The van der Waals surface area contributed by atoms with Crippen molar-refractivity contribution >= 4 is 34.2 Å². The van der Waals surface area contributed by atoms with Crippen molar-refractivity contribution in [2.75, 3.05) is 13.7 Å². The van der Waals surface area contributed by atoms with E-state index in [1.807, 2.05) is 0 Å². The number of benzene rings is 1. The van der Waals surface area contributed by atoms with Crippen molar-refractivity contribution in [3.63, 3.8) is 0 Å². The van der Waals surface area contributed by atoms with Gasteiger partial charge in [-0.05, 0) is 85.4 Å². The number of hydrogen-bond donors (Lipinski definition) is 1. The second-order valence-corrected chi connectivity index (χ2v) is 7.65. The molecule has 2 nitrogen and oxygen atoms in total. The molecule has 2 atom stereocenters. The highest BCUT2D eigenvalue weighted by Gasteiger charge is 2.44. The van der Waals surface area contributed by atoms with E-state index in [2.05, 4.69) is 53.2 Å². The van der Waals surface area contributed by atoms with Gasteiger partial charge in [0, 0.05) is 16.2 Å². The number of halogens is 2. The Morgan fingerprint density at radius 1 is 1.45 bits per heavy atom. The lowest BCUT2D eigenvalue weighted by molar-refractivity contribution is -0.147. The van der Waals surface area contributed by atoms with Gasteiger partial charge >= 0.3 is 0 Å². The maximum Gasteiger partial charge on any atom is 0.0686 e. The molecule has 110 valence electrons. The summed E-state index contributed by atoms with van der Waals surface area (Å²) in [6, 6.07) is 6.82. The second-order valence-electron chi connectivity index (χ2n) is 6.08. The molecule has 0 radical (unpaired) electrons. The molecule has 0 aromatic heterocycles. The van der Waals surface area contributed by atoms with Gasteiger partial charge in [-0.3, -0.25) is 0 Å². The number of rotatable bonds is 3. The molecule has 2 unspecified atom stereocenters. The van der Waals surface area contributed by atoms with E-state index >= 15 is 0 Å². The highest BCUT2D eigenvalue weighted by atomic mass is 127. The Labute approximate surface area is 139 Å². The highest BCUT2D eigenvalue weighted by Crippen LogP contribution is 2.47. The fraction of sp³-hybridized carbons (Fsp3) is 0.625. The minimum Gasteiger partial charge on any atom is -0.375 e. The first-order valence-corrected chi connectivity index (χ1v) is 8.85. The van der Waals surface area contributed by atoms with Crippen LogP contribution in [-0.4, -0.2) is 19.3 Å². The van der Waals surface area contributed by atoms with Crippen LogP contribution in [0.5, 0.6) is 0 Å². The molecular weight excluding hydrogens is 385 g/mol. The number of hydrogen-bond acceptors (Lipinski definition) is 2. The predicted octanol–water partition coefficient (Wildman–Crippen LogP) is 4.55. The lowest BCUT2D eigenvalue weighted by atomic mass is 9.69. The van der Waals surface area contributed by atoms with Gasteiger partial charge < -0.3 is 10.1 Å². The Hall–Kier alpha value is 0.160. The van der Waals surface area contributed by atoms with E-state index in [0.717, 1.165) is 21.6 Å². The monoisotopic (exact) mass is 405 g/mol. The van der Waals surface area contributed by atoms with E-state index in [0.29, 0.717) is 12.0 Å². The van der Waals surface area contributed by atoms with Crippen LogP contribution in [0.4, 0.5) is 0 Å². The second kappa shape index (κ2) is 6.11. The molecule has 1 aromatic carbocycles. The molecule has 1 aliphatic carbocycles. The summed E-state index contributed by atoms with van der Waals surface area (Å²) >= 11 is 8.57. The van der Waals surface area contributed by atoms with Gasteiger partial charge in [-0.15, -0.1) is 0 Å². The van der Waals surface area contributed by atoms with Gasteiger partial charge in [-0.1, -0.05) is 17.7 Å². The molecule has 1 saturated carbocycles. The fourth-order valence-corrected chi connectivity index (χ4v) is 4.17. The summed E-state index contributed by atoms with van der Waals surface area (Å²) in [5, 5.41) is 4.36. The van der Waals surface area contributed by atoms with Gasteiger partial charge in [0.15, 0.2) is 0 Å². The van der Waals surface area contributed by atoms with Crippen LogP contribution in [0.2, 0.25) is 5.02 Å². The molecule has 1 heterocycles. The van der Waals surface area contributed by atoms with Crippen LogP contribution < -0.4 is 5.32 Å². The SMILES string of the molecule is CNC(c1ccc(I)c(Cl)c1)C1CCOC2(CCC2)C1. The molecule has 3 rings (SSSR count). The maximum absolute atomic E-state index is 6.29. The smallest absolute Gasteiger partial charge is 0.0686 e. The van der Waals surface area contributed by atoms with Crippen LogP contribution in [-0.2, 0) is 4.74 Å².